The molecule has 1 aromatic rings. The van der Waals surface area contributed by atoms with E-state index in [2.05, 4.69) is 18.2 Å². The van der Waals surface area contributed by atoms with Gasteiger partial charge in [0.15, 0.2) is 5.79 Å². The van der Waals surface area contributed by atoms with Gasteiger partial charge in [0.1, 0.15) is 17.8 Å². The second-order valence-corrected chi connectivity index (χ2v) is 6.42. The minimum Gasteiger partial charge on any atom is -0.372 e. The second-order valence-electron chi connectivity index (χ2n) is 6.42. The van der Waals surface area contributed by atoms with Gasteiger partial charge in [-0.05, 0) is 31.1 Å². The number of rotatable bonds is 4. The third-order valence-electron chi connectivity index (χ3n) is 4.23. The number of fused-ring (bicyclic) bond motifs is 2. The van der Waals surface area contributed by atoms with Crippen LogP contribution in [0.15, 0.2) is 42.0 Å². The van der Waals surface area contributed by atoms with Crippen LogP contribution in [-0.4, -0.2) is 36.8 Å². The molecule has 4 heteroatoms. The van der Waals surface area contributed by atoms with Gasteiger partial charge in [-0.15, -0.1) is 0 Å². The van der Waals surface area contributed by atoms with Crippen LogP contribution in [0.2, 0.25) is 0 Å². The Hall–Kier alpha value is -1.20. The Bertz CT molecular complexity index is 559. The number of ether oxygens (including phenoxy) is 4. The number of benzene rings is 1. The van der Waals surface area contributed by atoms with E-state index in [-0.39, 0.29) is 17.8 Å². The van der Waals surface area contributed by atoms with Gasteiger partial charge in [0.25, 0.3) is 0 Å². The van der Waals surface area contributed by atoms with Gasteiger partial charge in [0.2, 0.25) is 0 Å². The van der Waals surface area contributed by atoms with Crippen LogP contribution in [0.5, 0.6) is 0 Å². The first-order valence-electron chi connectivity index (χ1n) is 7.41. The SMILES string of the molecule is CC1(C)O[C@@H]2C(COCc3ccccc3)=C[C@@]3(CO3)[C@@H]2O1. The number of epoxide rings is 1. The Kier molecular flexibility index (Phi) is 2.98. The minimum absolute atomic E-state index is 0.0252. The van der Waals surface area contributed by atoms with Gasteiger partial charge in [0, 0.05) is 0 Å². The van der Waals surface area contributed by atoms with E-state index >= 15 is 0 Å². The normalized spacial score (nSPS) is 35.8. The molecule has 0 aromatic heterocycles. The molecular weight excluding hydrogens is 268 g/mol. The first-order valence-corrected chi connectivity index (χ1v) is 7.41. The van der Waals surface area contributed by atoms with E-state index in [1.54, 1.807) is 0 Å². The fraction of sp³-hybridized carbons (Fsp3) is 0.529. The molecule has 2 fully saturated rings. The van der Waals surface area contributed by atoms with Crippen molar-refractivity contribution in [2.75, 3.05) is 13.2 Å². The van der Waals surface area contributed by atoms with Crippen LogP contribution in [0.4, 0.5) is 0 Å². The summed E-state index contributed by atoms with van der Waals surface area (Å²) >= 11 is 0. The third kappa shape index (κ3) is 2.42. The van der Waals surface area contributed by atoms with Gasteiger partial charge in [-0.1, -0.05) is 30.3 Å². The maximum absolute atomic E-state index is 6.01. The fourth-order valence-corrected chi connectivity index (χ4v) is 3.18. The standard InChI is InChI=1S/C17H20O4/c1-16(2)20-14-13(8-17(11-19-17)15(14)21-16)10-18-9-12-6-4-3-5-7-12/h3-8,14-15H,9-11H2,1-2H3/t14-,15-,17-/m1/s1. The zero-order valence-electron chi connectivity index (χ0n) is 12.4. The molecule has 112 valence electrons. The van der Waals surface area contributed by atoms with Crippen molar-refractivity contribution in [3.63, 3.8) is 0 Å². The lowest BCUT2D eigenvalue weighted by molar-refractivity contribution is -0.150. The highest BCUT2D eigenvalue weighted by atomic mass is 16.8. The molecule has 1 aliphatic carbocycles. The van der Waals surface area contributed by atoms with E-state index in [1.807, 2.05) is 32.0 Å². The zero-order valence-corrected chi connectivity index (χ0v) is 12.4. The summed E-state index contributed by atoms with van der Waals surface area (Å²) in [4.78, 5) is 0. The van der Waals surface area contributed by atoms with Gasteiger partial charge in [0.05, 0.1) is 19.8 Å². The molecule has 0 radical (unpaired) electrons. The highest BCUT2D eigenvalue weighted by Crippen LogP contribution is 2.50. The molecule has 0 N–H and O–H groups in total. The highest BCUT2D eigenvalue weighted by molar-refractivity contribution is 5.35. The molecule has 4 rings (SSSR count). The predicted octanol–water partition coefficient (Wildman–Crippen LogP) is 2.43. The smallest absolute Gasteiger partial charge is 0.164 e. The van der Waals surface area contributed by atoms with Crippen molar-refractivity contribution >= 4 is 0 Å². The van der Waals surface area contributed by atoms with Crippen LogP contribution in [-0.2, 0) is 25.6 Å². The van der Waals surface area contributed by atoms with Crippen LogP contribution < -0.4 is 0 Å². The lowest BCUT2D eigenvalue weighted by Gasteiger charge is -2.19. The Morgan fingerprint density at radius 3 is 2.62 bits per heavy atom. The lowest BCUT2D eigenvalue weighted by Crippen LogP contribution is -2.32. The van der Waals surface area contributed by atoms with Crippen molar-refractivity contribution in [1.29, 1.82) is 0 Å². The van der Waals surface area contributed by atoms with E-state index in [0.29, 0.717) is 13.2 Å². The van der Waals surface area contributed by atoms with E-state index in [4.69, 9.17) is 18.9 Å². The molecular formula is C17H20O4. The Morgan fingerprint density at radius 2 is 1.90 bits per heavy atom. The molecule has 0 unspecified atom stereocenters. The monoisotopic (exact) mass is 288 g/mol. The van der Waals surface area contributed by atoms with Gasteiger partial charge in [-0.25, -0.2) is 0 Å². The fourth-order valence-electron chi connectivity index (χ4n) is 3.18. The van der Waals surface area contributed by atoms with Crippen LogP contribution in [0.25, 0.3) is 0 Å². The second kappa shape index (κ2) is 4.65. The Morgan fingerprint density at radius 1 is 1.14 bits per heavy atom. The minimum atomic E-state index is -0.548. The molecule has 0 amide bonds. The zero-order chi connectivity index (χ0) is 14.5. The van der Waals surface area contributed by atoms with Crippen molar-refractivity contribution < 1.29 is 18.9 Å². The molecule has 1 aromatic carbocycles. The first kappa shape index (κ1) is 13.5. The molecule has 2 saturated heterocycles. The number of hydrogen-bond donors (Lipinski definition) is 0. The lowest BCUT2D eigenvalue weighted by atomic mass is 10.1. The average Bonchev–Trinajstić information content (AvgIpc) is 3.09. The van der Waals surface area contributed by atoms with Crippen molar-refractivity contribution in [1.82, 2.24) is 0 Å². The van der Waals surface area contributed by atoms with Gasteiger partial charge >= 0.3 is 0 Å². The molecule has 3 aliphatic rings. The van der Waals surface area contributed by atoms with Gasteiger partial charge in [-0.2, -0.15) is 0 Å². The summed E-state index contributed by atoms with van der Waals surface area (Å²) < 4.78 is 23.5. The predicted molar refractivity (Wildman–Crippen MR) is 76.7 cm³/mol. The van der Waals surface area contributed by atoms with E-state index in [0.717, 1.165) is 12.2 Å². The third-order valence-corrected chi connectivity index (χ3v) is 4.23. The van der Waals surface area contributed by atoms with Crippen molar-refractivity contribution in [3.05, 3.63) is 47.5 Å². The summed E-state index contributed by atoms with van der Waals surface area (Å²) in [7, 11) is 0. The summed E-state index contributed by atoms with van der Waals surface area (Å²) in [6.07, 6.45) is 2.07. The molecule has 0 saturated carbocycles. The highest BCUT2D eigenvalue weighted by Gasteiger charge is 2.64. The maximum atomic E-state index is 6.01. The van der Waals surface area contributed by atoms with E-state index in [1.165, 1.54) is 5.56 Å². The maximum Gasteiger partial charge on any atom is 0.164 e. The summed E-state index contributed by atoms with van der Waals surface area (Å²) in [6, 6.07) is 10.2. The van der Waals surface area contributed by atoms with E-state index < -0.39 is 5.79 Å². The number of hydrogen-bond acceptors (Lipinski definition) is 4. The molecule has 3 atom stereocenters. The average molecular weight is 288 g/mol. The Balaban J connectivity index is 1.41. The van der Waals surface area contributed by atoms with Crippen LogP contribution >= 0.6 is 0 Å². The van der Waals surface area contributed by atoms with Crippen molar-refractivity contribution in [2.45, 2.75) is 44.1 Å². The summed E-state index contributed by atoms with van der Waals surface area (Å²) in [5, 5.41) is 0. The molecule has 21 heavy (non-hydrogen) atoms. The van der Waals surface area contributed by atoms with Crippen LogP contribution in [0.3, 0.4) is 0 Å². The summed E-state index contributed by atoms with van der Waals surface area (Å²) in [5.74, 6) is -0.548. The molecule has 1 spiro atoms. The van der Waals surface area contributed by atoms with Crippen molar-refractivity contribution in [2.24, 2.45) is 0 Å². The first-order chi connectivity index (χ1) is 10.1. The molecule has 4 nitrogen and oxygen atoms in total. The van der Waals surface area contributed by atoms with Crippen molar-refractivity contribution in [3.8, 4) is 0 Å². The topological polar surface area (TPSA) is 40.2 Å². The quantitative estimate of drug-likeness (QED) is 0.630. The molecule has 2 heterocycles. The van der Waals surface area contributed by atoms with Gasteiger partial charge < -0.3 is 18.9 Å². The van der Waals surface area contributed by atoms with Crippen LogP contribution in [0, 0.1) is 0 Å². The van der Waals surface area contributed by atoms with Gasteiger partial charge in [-0.3, -0.25) is 0 Å². The summed E-state index contributed by atoms with van der Waals surface area (Å²) in [6.45, 7) is 5.78. The molecule has 0 bridgehead atoms. The Labute approximate surface area is 124 Å². The summed E-state index contributed by atoms with van der Waals surface area (Å²) in [5.41, 5.74) is 2.05. The molecule has 2 aliphatic heterocycles. The van der Waals surface area contributed by atoms with Crippen LogP contribution in [0.1, 0.15) is 19.4 Å². The largest absolute Gasteiger partial charge is 0.372 e. The van der Waals surface area contributed by atoms with E-state index in [9.17, 15) is 0 Å².